The molecule has 1 fully saturated rings. The Bertz CT molecular complexity index is 830. The van der Waals surface area contributed by atoms with Gasteiger partial charge in [-0.2, -0.15) is 13.2 Å². The first-order valence-corrected chi connectivity index (χ1v) is 8.82. The number of hydrogen-bond donors (Lipinski definition) is 1. The number of aromatic hydroxyl groups is 1. The minimum atomic E-state index is -4.34. The van der Waals surface area contributed by atoms with Crippen LogP contribution < -0.4 is 4.74 Å². The van der Waals surface area contributed by atoms with Gasteiger partial charge in [0.1, 0.15) is 11.5 Å². The topological polar surface area (TPSA) is 53.0 Å². The zero-order valence-corrected chi connectivity index (χ0v) is 15.4. The van der Waals surface area contributed by atoms with Crippen LogP contribution in [0.1, 0.15) is 21.5 Å². The van der Waals surface area contributed by atoms with Crippen LogP contribution in [0.4, 0.5) is 13.2 Å². The molecule has 0 saturated carbocycles. The Labute approximate surface area is 160 Å². The number of benzene rings is 2. The third-order valence-electron chi connectivity index (χ3n) is 4.78. The second-order valence-electron chi connectivity index (χ2n) is 6.65. The van der Waals surface area contributed by atoms with Crippen molar-refractivity contribution in [1.29, 1.82) is 0 Å². The van der Waals surface area contributed by atoms with E-state index in [1.165, 1.54) is 31.4 Å². The third kappa shape index (κ3) is 4.56. The highest BCUT2D eigenvalue weighted by Gasteiger charge is 2.30. The van der Waals surface area contributed by atoms with E-state index < -0.39 is 11.7 Å². The van der Waals surface area contributed by atoms with Crippen molar-refractivity contribution >= 4 is 5.91 Å². The van der Waals surface area contributed by atoms with E-state index in [4.69, 9.17) is 4.74 Å². The SMILES string of the molecule is COc1ccc(C(=O)N2CCN(Cc3ccc(C(F)(F)F)cc3)CC2)c(O)c1. The van der Waals surface area contributed by atoms with Gasteiger partial charge in [0.25, 0.3) is 5.91 Å². The van der Waals surface area contributed by atoms with Gasteiger partial charge in [0, 0.05) is 38.8 Å². The van der Waals surface area contributed by atoms with Crippen molar-refractivity contribution in [2.24, 2.45) is 0 Å². The Hall–Kier alpha value is -2.74. The molecule has 1 aliphatic rings. The number of phenolic OH excluding ortho intramolecular Hbond substituents is 1. The molecule has 2 aromatic carbocycles. The number of rotatable bonds is 4. The lowest BCUT2D eigenvalue weighted by molar-refractivity contribution is -0.137. The maximum absolute atomic E-state index is 12.6. The van der Waals surface area contributed by atoms with Gasteiger partial charge in [-0.25, -0.2) is 0 Å². The number of hydrogen-bond acceptors (Lipinski definition) is 4. The highest BCUT2D eigenvalue weighted by molar-refractivity contribution is 5.97. The molecule has 5 nitrogen and oxygen atoms in total. The molecule has 1 saturated heterocycles. The first-order chi connectivity index (χ1) is 13.3. The maximum Gasteiger partial charge on any atom is 0.416 e. The number of carbonyl (C=O) groups is 1. The molecule has 1 N–H and O–H groups in total. The predicted octanol–water partition coefficient (Wildman–Crippen LogP) is 3.38. The Kier molecular flexibility index (Phi) is 5.79. The molecule has 0 unspecified atom stereocenters. The van der Waals surface area contributed by atoms with E-state index in [1.807, 2.05) is 0 Å². The van der Waals surface area contributed by atoms with E-state index in [2.05, 4.69) is 4.90 Å². The molecule has 1 amide bonds. The molecular formula is C20H21F3N2O3. The van der Waals surface area contributed by atoms with Crippen molar-refractivity contribution in [1.82, 2.24) is 9.80 Å². The molecule has 1 aliphatic heterocycles. The minimum absolute atomic E-state index is 0.128. The minimum Gasteiger partial charge on any atom is -0.507 e. The zero-order chi connectivity index (χ0) is 20.3. The molecule has 3 rings (SSSR count). The lowest BCUT2D eigenvalue weighted by Crippen LogP contribution is -2.48. The van der Waals surface area contributed by atoms with E-state index in [0.717, 1.165) is 17.7 Å². The summed E-state index contributed by atoms with van der Waals surface area (Å²) in [6.45, 7) is 2.68. The summed E-state index contributed by atoms with van der Waals surface area (Å²) in [5.74, 6) is 0.0845. The van der Waals surface area contributed by atoms with Crippen LogP contribution in [0.15, 0.2) is 42.5 Å². The number of piperazine rings is 1. The molecular weight excluding hydrogens is 373 g/mol. The van der Waals surface area contributed by atoms with Gasteiger partial charge < -0.3 is 14.7 Å². The van der Waals surface area contributed by atoms with Gasteiger partial charge in [0.15, 0.2) is 0 Å². The van der Waals surface area contributed by atoms with Crippen molar-refractivity contribution in [2.45, 2.75) is 12.7 Å². The summed E-state index contributed by atoms with van der Waals surface area (Å²) in [6, 6.07) is 9.68. The Morgan fingerprint density at radius 2 is 1.71 bits per heavy atom. The molecule has 0 spiro atoms. The molecule has 0 radical (unpaired) electrons. The number of nitrogens with zero attached hydrogens (tertiary/aromatic N) is 2. The molecule has 0 aromatic heterocycles. The van der Waals surface area contributed by atoms with Crippen molar-refractivity contribution in [3.05, 3.63) is 59.2 Å². The van der Waals surface area contributed by atoms with Gasteiger partial charge in [0.2, 0.25) is 0 Å². The van der Waals surface area contributed by atoms with Gasteiger partial charge in [-0.1, -0.05) is 12.1 Å². The van der Waals surface area contributed by atoms with Crippen LogP contribution in [0, 0.1) is 0 Å². The second kappa shape index (κ2) is 8.10. The second-order valence-corrected chi connectivity index (χ2v) is 6.65. The highest BCUT2D eigenvalue weighted by atomic mass is 19.4. The molecule has 8 heteroatoms. The van der Waals surface area contributed by atoms with Crippen LogP contribution >= 0.6 is 0 Å². The van der Waals surface area contributed by atoms with Crippen molar-refractivity contribution in [3.8, 4) is 11.5 Å². The number of alkyl halides is 3. The van der Waals surface area contributed by atoms with Crippen molar-refractivity contribution in [3.63, 3.8) is 0 Å². The number of halogens is 3. The lowest BCUT2D eigenvalue weighted by atomic mass is 10.1. The molecule has 150 valence electrons. The summed E-state index contributed by atoms with van der Waals surface area (Å²) in [4.78, 5) is 16.4. The number of phenols is 1. The third-order valence-corrected chi connectivity index (χ3v) is 4.78. The van der Waals surface area contributed by atoms with Gasteiger partial charge in [-0.15, -0.1) is 0 Å². The van der Waals surface area contributed by atoms with Gasteiger partial charge in [-0.3, -0.25) is 9.69 Å². The number of ether oxygens (including phenoxy) is 1. The summed E-state index contributed by atoms with van der Waals surface area (Å²) < 4.78 is 42.9. The standard InChI is InChI=1S/C20H21F3N2O3/c1-28-16-6-7-17(18(26)12-16)19(27)25-10-8-24(9-11-25)13-14-2-4-15(5-3-14)20(21,22)23/h2-7,12,26H,8-11,13H2,1H3. The summed E-state index contributed by atoms with van der Waals surface area (Å²) in [6.07, 6.45) is -4.34. The fraction of sp³-hybridized carbons (Fsp3) is 0.350. The van der Waals surface area contributed by atoms with Gasteiger partial charge in [0.05, 0.1) is 18.2 Å². The fourth-order valence-corrected chi connectivity index (χ4v) is 3.16. The average Bonchev–Trinajstić information content (AvgIpc) is 2.67. The first kappa shape index (κ1) is 20.0. The molecule has 28 heavy (non-hydrogen) atoms. The van der Waals surface area contributed by atoms with Crippen LogP contribution in [0.5, 0.6) is 11.5 Å². The molecule has 2 aromatic rings. The Balaban J connectivity index is 1.56. The van der Waals surface area contributed by atoms with Gasteiger partial charge in [-0.05, 0) is 29.8 Å². The molecule has 0 bridgehead atoms. The van der Waals surface area contributed by atoms with Crippen LogP contribution in [0.2, 0.25) is 0 Å². The van der Waals surface area contributed by atoms with Gasteiger partial charge >= 0.3 is 6.18 Å². The average molecular weight is 394 g/mol. The summed E-state index contributed by atoms with van der Waals surface area (Å²) in [5.41, 5.74) is 0.350. The van der Waals surface area contributed by atoms with E-state index in [1.54, 1.807) is 11.0 Å². The van der Waals surface area contributed by atoms with Crippen molar-refractivity contribution < 1.29 is 27.8 Å². The van der Waals surface area contributed by atoms with E-state index in [0.29, 0.717) is 38.5 Å². The van der Waals surface area contributed by atoms with Crippen LogP contribution in [0.3, 0.4) is 0 Å². The smallest absolute Gasteiger partial charge is 0.416 e. The summed E-state index contributed by atoms with van der Waals surface area (Å²) in [7, 11) is 1.48. The molecule has 1 heterocycles. The summed E-state index contributed by atoms with van der Waals surface area (Å²) in [5, 5.41) is 10.0. The Morgan fingerprint density at radius 3 is 2.25 bits per heavy atom. The molecule has 0 atom stereocenters. The maximum atomic E-state index is 12.6. The molecule has 0 aliphatic carbocycles. The van der Waals surface area contributed by atoms with Crippen molar-refractivity contribution in [2.75, 3.05) is 33.3 Å². The largest absolute Gasteiger partial charge is 0.507 e. The first-order valence-electron chi connectivity index (χ1n) is 8.82. The van der Waals surface area contributed by atoms with Crippen LogP contribution in [-0.4, -0.2) is 54.1 Å². The van der Waals surface area contributed by atoms with E-state index in [-0.39, 0.29) is 17.2 Å². The predicted molar refractivity (Wildman–Crippen MR) is 97.3 cm³/mol. The van der Waals surface area contributed by atoms with E-state index in [9.17, 15) is 23.1 Å². The van der Waals surface area contributed by atoms with E-state index >= 15 is 0 Å². The highest BCUT2D eigenvalue weighted by Crippen LogP contribution is 2.29. The summed E-state index contributed by atoms with van der Waals surface area (Å²) >= 11 is 0. The normalized spacial score (nSPS) is 15.5. The number of carbonyl (C=O) groups excluding carboxylic acids is 1. The van der Waals surface area contributed by atoms with Crippen LogP contribution in [-0.2, 0) is 12.7 Å². The van der Waals surface area contributed by atoms with Crippen LogP contribution in [0.25, 0.3) is 0 Å². The zero-order valence-electron chi connectivity index (χ0n) is 15.4. The quantitative estimate of drug-likeness (QED) is 0.864. The fourth-order valence-electron chi connectivity index (χ4n) is 3.16. The lowest BCUT2D eigenvalue weighted by Gasteiger charge is -2.35. The monoisotopic (exact) mass is 394 g/mol. The number of amides is 1. The number of methoxy groups -OCH3 is 1. The Morgan fingerprint density at radius 1 is 1.07 bits per heavy atom.